The van der Waals surface area contributed by atoms with Crippen molar-refractivity contribution in [2.24, 2.45) is 0 Å². The summed E-state index contributed by atoms with van der Waals surface area (Å²) in [5.41, 5.74) is 0.625. The molecule has 3 aromatic rings. The predicted octanol–water partition coefficient (Wildman–Crippen LogP) is 4.74. The minimum Gasteiger partial charge on any atom is -0.484 e. The van der Waals surface area contributed by atoms with E-state index < -0.39 is 0 Å². The van der Waals surface area contributed by atoms with E-state index in [9.17, 15) is 9.59 Å². The van der Waals surface area contributed by atoms with Gasteiger partial charge in [-0.15, -0.1) is 0 Å². The fraction of sp³-hybridized carbons (Fsp3) is 0.143. The number of ether oxygens (including phenoxy) is 1. The first-order valence-corrected chi connectivity index (χ1v) is 9.91. The van der Waals surface area contributed by atoms with Gasteiger partial charge in [0.1, 0.15) is 18.1 Å². The van der Waals surface area contributed by atoms with Crippen molar-refractivity contribution in [3.63, 3.8) is 0 Å². The van der Waals surface area contributed by atoms with Gasteiger partial charge in [0, 0.05) is 9.50 Å². The van der Waals surface area contributed by atoms with Gasteiger partial charge in [0.25, 0.3) is 5.91 Å². The number of benzene rings is 2. The Kier molecular flexibility index (Phi) is 7.32. The molecular weight excluding hydrogens is 460 g/mol. The van der Waals surface area contributed by atoms with Crippen LogP contribution >= 0.6 is 27.5 Å². The second kappa shape index (κ2) is 10.1. The van der Waals surface area contributed by atoms with Crippen molar-refractivity contribution in [2.45, 2.75) is 6.54 Å². The van der Waals surface area contributed by atoms with Crippen molar-refractivity contribution in [2.75, 3.05) is 18.5 Å². The van der Waals surface area contributed by atoms with Gasteiger partial charge in [-0.25, -0.2) is 0 Å². The summed E-state index contributed by atoms with van der Waals surface area (Å²) in [6.07, 6.45) is 1.52. The van der Waals surface area contributed by atoms with E-state index in [4.69, 9.17) is 20.8 Å². The number of carbonyl (C=O) groups is 2. The van der Waals surface area contributed by atoms with Crippen LogP contribution in [0.1, 0.15) is 5.76 Å². The molecule has 0 aliphatic heterocycles. The maximum atomic E-state index is 12.7. The molecule has 3 rings (SSSR count). The molecule has 29 heavy (non-hydrogen) atoms. The fourth-order valence-electron chi connectivity index (χ4n) is 2.52. The third-order valence-electron chi connectivity index (χ3n) is 3.94. The fourth-order valence-corrected chi connectivity index (χ4v) is 3.03. The predicted molar refractivity (Wildman–Crippen MR) is 114 cm³/mol. The Morgan fingerprint density at radius 1 is 1.07 bits per heavy atom. The lowest BCUT2D eigenvalue weighted by Gasteiger charge is -2.21. The number of hydrogen-bond donors (Lipinski definition) is 1. The molecule has 0 unspecified atom stereocenters. The summed E-state index contributed by atoms with van der Waals surface area (Å²) >= 11 is 9.23. The molecule has 2 aromatic carbocycles. The lowest BCUT2D eigenvalue weighted by Crippen LogP contribution is -2.40. The molecule has 1 aromatic heterocycles. The molecule has 0 aliphatic carbocycles. The third kappa shape index (κ3) is 6.37. The Hall–Kier alpha value is -2.77. The number of carbonyl (C=O) groups excluding carboxylic acids is 2. The molecule has 0 saturated heterocycles. The molecule has 8 heteroatoms. The summed E-state index contributed by atoms with van der Waals surface area (Å²) in [6, 6.07) is 17.4. The summed E-state index contributed by atoms with van der Waals surface area (Å²) in [6.45, 7) is -0.214. The van der Waals surface area contributed by atoms with Crippen LogP contribution in [0.2, 0.25) is 5.02 Å². The number of nitrogens with one attached hydrogen (secondary N) is 1. The zero-order valence-corrected chi connectivity index (χ0v) is 17.7. The van der Waals surface area contributed by atoms with Gasteiger partial charge in [-0.3, -0.25) is 9.59 Å². The lowest BCUT2D eigenvalue weighted by atomic mass is 10.3. The highest BCUT2D eigenvalue weighted by Crippen LogP contribution is 2.21. The molecule has 0 atom stereocenters. The Morgan fingerprint density at radius 3 is 2.52 bits per heavy atom. The maximum absolute atomic E-state index is 12.7. The molecule has 0 radical (unpaired) electrons. The Bertz CT molecular complexity index is 961. The first-order valence-electron chi connectivity index (χ1n) is 8.74. The monoisotopic (exact) mass is 476 g/mol. The molecule has 0 aliphatic rings. The molecule has 1 heterocycles. The highest BCUT2D eigenvalue weighted by atomic mass is 79.9. The van der Waals surface area contributed by atoms with Crippen molar-refractivity contribution in [1.29, 1.82) is 0 Å². The molecule has 0 fully saturated rings. The van der Waals surface area contributed by atoms with Gasteiger partial charge in [-0.05, 0) is 64.5 Å². The number of furan rings is 1. The highest BCUT2D eigenvalue weighted by molar-refractivity contribution is 9.10. The average Bonchev–Trinajstić information content (AvgIpc) is 3.22. The smallest absolute Gasteiger partial charge is 0.261 e. The minimum atomic E-state index is -0.348. The van der Waals surface area contributed by atoms with Crippen molar-refractivity contribution in [1.82, 2.24) is 4.90 Å². The number of amides is 2. The molecule has 2 amide bonds. The van der Waals surface area contributed by atoms with Crippen molar-refractivity contribution < 1.29 is 18.7 Å². The SMILES string of the molecule is O=C(CN(Cc1ccco1)C(=O)COc1ccc(Cl)cc1)Nc1ccccc1Br. The van der Waals surface area contributed by atoms with Crippen LogP contribution in [0.5, 0.6) is 5.75 Å². The van der Waals surface area contributed by atoms with E-state index in [-0.39, 0.29) is 31.5 Å². The standard InChI is InChI=1S/C21H18BrClN2O4/c22-18-5-1-2-6-19(18)24-20(26)13-25(12-17-4-3-11-28-17)21(27)14-29-16-9-7-15(23)8-10-16/h1-11H,12-14H2,(H,24,26). The van der Waals surface area contributed by atoms with E-state index >= 15 is 0 Å². The molecular formula is C21H18BrClN2O4. The molecule has 0 spiro atoms. The minimum absolute atomic E-state index is 0.148. The van der Waals surface area contributed by atoms with Crippen LogP contribution in [0.25, 0.3) is 0 Å². The van der Waals surface area contributed by atoms with Crippen molar-refractivity contribution in [3.05, 3.63) is 82.2 Å². The number of hydrogen-bond acceptors (Lipinski definition) is 4. The van der Waals surface area contributed by atoms with E-state index in [2.05, 4.69) is 21.2 Å². The summed E-state index contributed by atoms with van der Waals surface area (Å²) in [5.74, 6) is 0.402. The maximum Gasteiger partial charge on any atom is 0.261 e. The molecule has 0 saturated carbocycles. The van der Waals surface area contributed by atoms with Crippen LogP contribution in [0.3, 0.4) is 0 Å². The average molecular weight is 478 g/mol. The lowest BCUT2D eigenvalue weighted by molar-refractivity contribution is -0.137. The van der Waals surface area contributed by atoms with Crippen LogP contribution in [0.15, 0.2) is 75.8 Å². The van der Waals surface area contributed by atoms with Gasteiger partial charge >= 0.3 is 0 Å². The van der Waals surface area contributed by atoms with Gasteiger partial charge < -0.3 is 19.4 Å². The second-order valence-electron chi connectivity index (χ2n) is 6.10. The molecule has 150 valence electrons. The summed E-state index contributed by atoms with van der Waals surface area (Å²) in [4.78, 5) is 26.6. The number of para-hydroxylation sites is 1. The van der Waals surface area contributed by atoms with Gasteiger partial charge in [0.2, 0.25) is 5.91 Å². The molecule has 6 nitrogen and oxygen atoms in total. The van der Waals surface area contributed by atoms with Crippen molar-refractivity contribution >= 4 is 45.0 Å². The zero-order chi connectivity index (χ0) is 20.6. The highest BCUT2D eigenvalue weighted by Gasteiger charge is 2.20. The summed E-state index contributed by atoms with van der Waals surface area (Å²) in [7, 11) is 0. The van der Waals surface area contributed by atoms with Crippen LogP contribution in [-0.2, 0) is 16.1 Å². The van der Waals surface area contributed by atoms with Gasteiger partial charge in [0.05, 0.1) is 18.5 Å². The first-order chi connectivity index (χ1) is 14.0. The third-order valence-corrected chi connectivity index (χ3v) is 4.88. The molecule has 1 N–H and O–H groups in total. The quantitative estimate of drug-likeness (QED) is 0.509. The number of nitrogens with zero attached hydrogens (tertiary/aromatic N) is 1. The number of halogens is 2. The topological polar surface area (TPSA) is 71.8 Å². The van der Waals surface area contributed by atoms with Gasteiger partial charge in [0.15, 0.2) is 6.61 Å². The largest absolute Gasteiger partial charge is 0.484 e. The normalized spacial score (nSPS) is 10.4. The molecule has 0 bridgehead atoms. The van der Waals surface area contributed by atoms with Crippen LogP contribution in [0, 0.1) is 0 Å². The van der Waals surface area contributed by atoms with E-state index in [0.717, 1.165) is 4.47 Å². The van der Waals surface area contributed by atoms with E-state index in [1.807, 2.05) is 18.2 Å². The van der Waals surface area contributed by atoms with E-state index in [0.29, 0.717) is 22.2 Å². The summed E-state index contributed by atoms with van der Waals surface area (Å²) in [5, 5.41) is 3.37. The van der Waals surface area contributed by atoms with Crippen LogP contribution in [0.4, 0.5) is 5.69 Å². The van der Waals surface area contributed by atoms with Gasteiger partial charge in [-0.2, -0.15) is 0 Å². The van der Waals surface area contributed by atoms with Crippen molar-refractivity contribution in [3.8, 4) is 5.75 Å². The Morgan fingerprint density at radius 2 is 1.83 bits per heavy atom. The zero-order valence-electron chi connectivity index (χ0n) is 15.3. The van der Waals surface area contributed by atoms with E-state index in [1.54, 1.807) is 42.5 Å². The Balaban J connectivity index is 1.64. The first kappa shape index (κ1) is 21.0. The number of anilines is 1. The van der Waals surface area contributed by atoms with Crippen LogP contribution in [-0.4, -0.2) is 29.9 Å². The number of rotatable bonds is 8. The Labute approximate surface area is 181 Å². The van der Waals surface area contributed by atoms with E-state index in [1.165, 1.54) is 11.2 Å². The second-order valence-corrected chi connectivity index (χ2v) is 7.39. The summed E-state index contributed by atoms with van der Waals surface area (Å²) < 4.78 is 11.6. The van der Waals surface area contributed by atoms with Crippen LogP contribution < -0.4 is 10.1 Å². The van der Waals surface area contributed by atoms with Gasteiger partial charge in [-0.1, -0.05) is 23.7 Å².